The van der Waals surface area contributed by atoms with Crippen molar-refractivity contribution < 1.29 is 9.72 Å². The van der Waals surface area contributed by atoms with Gasteiger partial charge in [-0.15, -0.1) is 0 Å². The molecule has 1 aromatic heterocycles. The Morgan fingerprint density at radius 3 is 2.71 bits per heavy atom. The summed E-state index contributed by atoms with van der Waals surface area (Å²) >= 11 is 1.34. The second-order valence-electron chi connectivity index (χ2n) is 5.72. The van der Waals surface area contributed by atoms with E-state index in [9.17, 15) is 14.9 Å². The van der Waals surface area contributed by atoms with Crippen LogP contribution in [-0.2, 0) is 6.42 Å². The van der Waals surface area contributed by atoms with E-state index in [0.717, 1.165) is 4.70 Å². The number of nitrogens with zero attached hydrogens (tertiary/aromatic N) is 5. The molecule has 2 aromatic rings. The minimum atomic E-state index is -0.365. The molecule has 1 saturated heterocycles. The summed E-state index contributed by atoms with van der Waals surface area (Å²) in [4.78, 5) is 33.4. The Bertz CT molecular complexity index is 806. The normalized spacial score (nSPS) is 16.2. The topological polar surface area (TPSA) is 82.8 Å². The van der Waals surface area contributed by atoms with E-state index >= 15 is 0 Å². The number of benzene rings is 1. The van der Waals surface area contributed by atoms with Gasteiger partial charge < -0.3 is 4.90 Å². The highest BCUT2D eigenvalue weighted by molar-refractivity contribution is 7.22. The van der Waals surface area contributed by atoms with Gasteiger partial charge in [0.15, 0.2) is 5.13 Å². The first-order valence-electron chi connectivity index (χ1n) is 7.78. The minimum Gasteiger partial charge on any atom is -0.312 e. The summed E-state index contributed by atoms with van der Waals surface area (Å²) in [6, 6.07) is 3.07. The quantitative estimate of drug-likeness (QED) is 0.626. The van der Waals surface area contributed by atoms with Crippen LogP contribution in [0, 0.1) is 10.1 Å². The molecule has 0 radical (unpaired) electrons. The van der Waals surface area contributed by atoms with Crippen molar-refractivity contribution in [2.75, 3.05) is 31.8 Å². The van der Waals surface area contributed by atoms with E-state index in [1.165, 1.54) is 17.4 Å². The molecule has 0 saturated carbocycles. The van der Waals surface area contributed by atoms with E-state index in [2.05, 4.69) is 4.98 Å². The fraction of sp³-hybridized carbons (Fsp3) is 0.467. The number of fused-ring (bicyclic) bond motifs is 1. The number of aromatic nitrogens is 1. The molecule has 24 heavy (non-hydrogen) atoms. The van der Waals surface area contributed by atoms with E-state index in [-0.39, 0.29) is 16.6 Å². The lowest BCUT2D eigenvalue weighted by Crippen LogP contribution is -2.56. The fourth-order valence-corrected chi connectivity index (χ4v) is 4.06. The molecule has 1 aliphatic rings. The van der Waals surface area contributed by atoms with Crippen LogP contribution in [0.5, 0.6) is 0 Å². The molecule has 1 fully saturated rings. The van der Waals surface area contributed by atoms with E-state index in [1.54, 1.807) is 15.9 Å². The lowest BCUT2D eigenvalue weighted by molar-refractivity contribution is -0.385. The van der Waals surface area contributed by atoms with Crippen molar-refractivity contribution >= 4 is 38.4 Å². The zero-order valence-electron chi connectivity index (χ0n) is 13.9. The maximum Gasteiger partial charge on any atom is 0.328 e. The molecule has 0 spiro atoms. The molecule has 9 heteroatoms. The van der Waals surface area contributed by atoms with Crippen LogP contribution >= 0.6 is 11.3 Å². The largest absolute Gasteiger partial charge is 0.328 e. The van der Waals surface area contributed by atoms with Crippen molar-refractivity contribution in [1.29, 1.82) is 0 Å². The molecule has 3 rings (SSSR count). The number of hydrogen-bond donors (Lipinski definition) is 0. The highest BCUT2D eigenvalue weighted by Crippen LogP contribution is 2.36. The Morgan fingerprint density at radius 2 is 2.08 bits per heavy atom. The number of nitro groups is 1. The van der Waals surface area contributed by atoms with Gasteiger partial charge in [-0.25, -0.2) is 9.78 Å². The van der Waals surface area contributed by atoms with Gasteiger partial charge in [0, 0.05) is 18.2 Å². The summed E-state index contributed by atoms with van der Waals surface area (Å²) in [5.74, 6) is 0. The van der Waals surface area contributed by atoms with Crippen molar-refractivity contribution in [3.8, 4) is 0 Å². The molecule has 128 valence electrons. The first-order chi connectivity index (χ1) is 11.5. The molecule has 0 unspecified atom stereocenters. The van der Waals surface area contributed by atoms with Gasteiger partial charge in [-0.1, -0.05) is 18.3 Å². The summed E-state index contributed by atoms with van der Waals surface area (Å²) < 4.78 is 0.783. The monoisotopic (exact) mass is 349 g/mol. The lowest BCUT2D eigenvalue weighted by atomic mass is 10.1. The number of rotatable bonds is 4. The van der Waals surface area contributed by atoms with E-state index in [0.29, 0.717) is 42.5 Å². The summed E-state index contributed by atoms with van der Waals surface area (Å²) in [5, 5.41) is 11.8. The maximum atomic E-state index is 12.6. The van der Waals surface area contributed by atoms with Crippen molar-refractivity contribution in [2.45, 2.75) is 20.3 Å². The van der Waals surface area contributed by atoms with E-state index in [1.807, 2.05) is 25.8 Å². The summed E-state index contributed by atoms with van der Waals surface area (Å²) in [6.45, 7) is 5.49. The molecule has 2 amide bonds. The van der Waals surface area contributed by atoms with Gasteiger partial charge in [-0.3, -0.25) is 19.9 Å². The number of aryl methyl sites for hydroxylation is 1. The van der Waals surface area contributed by atoms with Crippen LogP contribution in [0.1, 0.15) is 19.4 Å². The molecule has 0 aliphatic carbocycles. The van der Waals surface area contributed by atoms with Gasteiger partial charge in [-0.2, -0.15) is 0 Å². The summed E-state index contributed by atoms with van der Waals surface area (Å²) in [5.41, 5.74) is 1.48. The third kappa shape index (κ3) is 2.69. The first kappa shape index (κ1) is 16.6. The second-order valence-corrected chi connectivity index (χ2v) is 6.70. The van der Waals surface area contributed by atoms with Crippen molar-refractivity contribution in [2.24, 2.45) is 0 Å². The molecule has 0 atom stereocenters. The molecule has 1 aliphatic heterocycles. The zero-order chi connectivity index (χ0) is 17.4. The zero-order valence-corrected chi connectivity index (χ0v) is 14.7. The standard InChI is InChI=1S/C15H19N5O3S/c1-4-10-12(20(22)23)7-6-11-13(10)24-14(16-11)19-9-17(3)8-18(5-2)15(19)21/h6-7H,4-5,8-9H2,1-3H3. The van der Waals surface area contributed by atoms with Gasteiger partial charge in [-0.05, 0) is 26.5 Å². The molecular formula is C15H19N5O3S. The van der Waals surface area contributed by atoms with Crippen LogP contribution < -0.4 is 4.90 Å². The van der Waals surface area contributed by atoms with Gasteiger partial charge in [0.1, 0.15) is 0 Å². The fourth-order valence-electron chi connectivity index (χ4n) is 2.90. The van der Waals surface area contributed by atoms with Crippen LogP contribution in [0.25, 0.3) is 10.2 Å². The maximum absolute atomic E-state index is 12.6. The van der Waals surface area contributed by atoms with Crippen molar-refractivity contribution in [3.05, 3.63) is 27.8 Å². The number of anilines is 1. The number of hydrogen-bond acceptors (Lipinski definition) is 6. The van der Waals surface area contributed by atoms with Gasteiger partial charge in [0.2, 0.25) is 0 Å². The Kier molecular flexibility index (Phi) is 4.37. The molecular weight excluding hydrogens is 330 g/mol. The molecule has 0 bridgehead atoms. The summed E-state index contributed by atoms with van der Waals surface area (Å²) in [7, 11) is 1.94. The second kappa shape index (κ2) is 6.33. The van der Waals surface area contributed by atoms with Crippen molar-refractivity contribution in [3.63, 3.8) is 0 Å². The molecule has 0 N–H and O–H groups in total. The molecule has 2 heterocycles. The van der Waals surface area contributed by atoms with Crippen LogP contribution in [0.2, 0.25) is 0 Å². The number of nitro benzene ring substituents is 1. The number of thiazole rings is 1. The predicted molar refractivity (Wildman–Crippen MR) is 93.4 cm³/mol. The third-order valence-corrected chi connectivity index (χ3v) is 5.24. The average Bonchev–Trinajstić information content (AvgIpc) is 2.99. The van der Waals surface area contributed by atoms with Crippen molar-refractivity contribution in [1.82, 2.24) is 14.8 Å². The van der Waals surface area contributed by atoms with Crippen LogP contribution in [-0.4, -0.2) is 52.7 Å². The van der Waals surface area contributed by atoms with E-state index < -0.39 is 0 Å². The number of carbonyl (C=O) groups excluding carboxylic acids is 1. The Balaban J connectivity index is 2.07. The Morgan fingerprint density at radius 1 is 1.33 bits per heavy atom. The number of carbonyl (C=O) groups is 1. The number of urea groups is 1. The smallest absolute Gasteiger partial charge is 0.312 e. The highest BCUT2D eigenvalue weighted by atomic mass is 32.1. The lowest BCUT2D eigenvalue weighted by Gasteiger charge is -2.38. The molecule has 8 nitrogen and oxygen atoms in total. The predicted octanol–water partition coefficient (Wildman–Crippen LogP) is 2.88. The Labute approximate surface area is 143 Å². The molecule has 1 aromatic carbocycles. The number of amides is 2. The first-order valence-corrected chi connectivity index (χ1v) is 8.59. The third-order valence-electron chi connectivity index (χ3n) is 4.08. The Hall–Kier alpha value is -2.26. The van der Waals surface area contributed by atoms with Gasteiger partial charge >= 0.3 is 6.03 Å². The summed E-state index contributed by atoms with van der Waals surface area (Å²) in [6.07, 6.45) is 0.546. The van der Waals surface area contributed by atoms with E-state index in [4.69, 9.17) is 0 Å². The van der Waals surface area contributed by atoms with Crippen LogP contribution in [0.3, 0.4) is 0 Å². The van der Waals surface area contributed by atoms with Crippen LogP contribution in [0.15, 0.2) is 12.1 Å². The minimum absolute atomic E-state index is 0.0813. The van der Waals surface area contributed by atoms with Gasteiger partial charge in [0.05, 0.1) is 28.5 Å². The average molecular weight is 349 g/mol. The highest BCUT2D eigenvalue weighted by Gasteiger charge is 2.31. The SMILES string of the molecule is CCc1c([N+](=O)[O-])ccc2nc(N3CN(C)CN(CC)C3=O)sc12. The van der Waals surface area contributed by atoms with Gasteiger partial charge in [0.25, 0.3) is 5.69 Å². The van der Waals surface area contributed by atoms with Crippen LogP contribution in [0.4, 0.5) is 15.6 Å².